The maximum atomic E-state index is 13.1. The summed E-state index contributed by atoms with van der Waals surface area (Å²) in [6.07, 6.45) is 0.0438. The van der Waals surface area contributed by atoms with Crippen molar-refractivity contribution in [2.45, 2.75) is 26.4 Å². The lowest BCUT2D eigenvalue weighted by Gasteiger charge is -2.15. The zero-order valence-corrected chi connectivity index (χ0v) is 9.88. The van der Waals surface area contributed by atoms with Gasteiger partial charge in [-0.2, -0.15) is 0 Å². The van der Waals surface area contributed by atoms with Crippen LogP contribution in [0, 0.1) is 11.7 Å². The normalized spacial score (nSPS) is 13.3. The summed E-state index contributed by atoms with van der Waals surface area (Å²) in [4.78, 5) is 0. The van der Waals surface area contributed by atoms with Crippen LogP contribution in [0.1, 0.15) is 31.9 Å². The van der Waals surface area contributed by atoms with Crippen molar-refractivity contribution in [2.24, 2.45) is 5.92 Å². The highest BCUT2D eigenvalue weighted by Crippen LogP contribution is 2.29. The number of hydrogen-bond donors (Lipinski definition) is 1. The van der Waals surface area contributed by atoms with E-state index in [4.69, 9.17) is 0 Å². The first-order valence-corrected chi connectivity index (χ1v) is 5.43. The minimum Gasteiger partial charge on any atom is -0.388 e. The molecular formula is C11H14BrFO. The highest BCUT2D eigenvalue weighted by Gasteiger charge is 2.14. The molecule has 14 heavy (non-hydrogen) atoms. The molecule has 0 spiro atoms. The Kier molecular flexibility index (Phi) is 4.08. The molecular weight excluding hydrogens is 247 g/mol. The van der Waals surface area contributed by atoms with Crippen molar-refractivity contribution in [3.05, 3.63) is 34.1 Å². The standard InChI is InChI=1S/C11H14BrFO/c1-7(2)6-10(14)8-4-3-5-9(13)11(8)12/h3-5,7,10,14H,6H2,1-2H3. The van der Waals surface area contributed by atoms with E-state index in [-0.39, 0.29) is 5.82 Å². The summed E-state index contributed by atoms with van der Waals surface area (Å²) in [5.74, 6) is 0.0606. The fraction of sp³-hybridized carbons (Fsp3) is 0.455. The van der Waals surface area contributed by atoms with Crippen molar-refractivity contribution in [1.82, 2.24) is 0 Å². The zero-order valence-electron chi connectivity index (χ0n) is 8.30. The molecule has 0 aliphatic carbocycles. The molecule has 78 valence electrons. The van der Waals surface area contributed by atoms with Crippen LogP contribution >= 0.6 is 15.9 Å². The van der Waals surface area contributed by atoms with Crippen LogP contribution < -0.4 is 0 Å². The Morgan fingerprint density at radius 3 is 2.64 bits per heavy atom. The molecule has 1 aromatic rings. The highest BCUT2D eigenvalue weighted by molar-refractivity contribution is 9.10. The lowest BCUT2D eigenvalue weighted by molar-refractivity contribution is 0.150. The van der Waals surface area contributed by atoms with E-state index in [9.17, 15) is 9.50 Å². The van der Waals surface area contributed by atoms with Crippen molar-refractivity contribution >= 4 is 15.9 Å². The molecule has 0 heterocycles. The molecule has 0 aromatic heterocycles. The molecule has 0 saturated heterocycles. The van der Waals surface area contributed by atoms with Crippen LogP contribution in [0.25, 0.3) is 0 Å². The van der Waals surface area contributed by atoms with Crippen LogP contribution in [0.4, 0.5) is 4.39 Å². The predicted octanol–water partition coefficient (Wildman–Crippen LogP) is 3.67. The Bertz CT molecular complexity index is 312. The van der Waals surface area contributed by atoms with E-state index in [1.807, 2.05) is 13.8 Å². The molecule has 1 aromatic carbocycles. The van der Waals surface area contributed by atoms with Gasteiger partial charge in [0.15, 0.2) is 0 Å². The summed E-state index contributed by atoms with van der Waals surface area (Å²) in [6.45, 7) is 4.05. The predicted molar refractivity (Wildman–Crippen MR) is 58.5 cm³/mol. The van der Waals surface area contributed by atoms with Gasteiger partial charge in [0, 0.05) is 0 Å². The molecule has 0 radical (unpaired) electrons. The fourth-order valence-electron chi connectivity index (χ4n) is 1.35. The molecule has 0 aliphatic heterocycles. The van der Waals surface area contributed by atoms with E-state index in [2.05, 4.69) is 15.9 Å². The summed E-state index contributed by atoms with van der Waals surface area (Å²) in [6, 6.07) is 4.72. The van der Waals surface area contributed by atoms with Gasteiger partial charge in [-0.1, -0.05) is 26.0 Å². The molecule has 0 aliphatic rings. The SMILES string of the molecule is CC(C)CC(O)c1cccc(F)c1Br. The van der Waals surface area contributed by atoms with E-state index in [0.29, 0.717) is 22.4 Å². The lowest BCUT2D eigenvalue weighted by Crippen LogP contribution is -2.03. The first-order valence-electron chi connectivity index (χ1n) is 4.64. The van der Waals surface area contributed by atoms with Crippen LogP contribution in [-0.2, 0) is 0 Å². The van der Waals surface area contributed by atoms with Gasteiger partial charge >= 0.3 is 0 Å². The maximum absolute atomic E-state index is 13.1. The third kappa shape index (κ3) is 2.79. The molecule has 0 saturated carbocycles. The Morgan fingerprint density at radius 1 is 1.43 bits per heavy atom. The monoisotopic (exact) mass is 260 g/mol. The van der Waals surface area contributed by atoms with Crippen LogP contribution in [0.5, 0.6) is 0 Å². The minimum absolute atomic E-state index is 0.328. The van der Waals surface area contributed by atoms with Crippen molar-refractivity contribution in [1.29, 1.82) is 0 Å². The Hall–Kier alpha value is -0.410. The van der Waals surface area contributed by atoms with Crippen LogP contribution in [0.2, 0.25) is 0 Å². The summed E-state index contributed by atoms with van der Waals surface area (Å²) >= 11 is 3.14. The van der Waals surface area contributed by atoms with Gasteiger partial charge < -0.3 is 5.11 Å². The zero-order chi connectivity index (χ0) is 10.7. The van der Waals surface area contributed by atoms with Gasteiger partial charge in [0.25, 0.3) is 0 Å². The van der Waals surface area contributed by atoms with Gasteiger partial charge in [-0.05, 0) is 39.9 Å². The molecule has 0 amide bonds. The summed E-state index contributed by atoms with van der Waals surface area (Å²) in [5.41, 5.74) is 0.624. The highest BCUT2D eigenvalue weighted by atomic mass is 79.9. The van der Waals surface area contributed by atoms with Gasteiger partial charge in [-0.25, -0.2) is 4.39 Å². The minimum atomic E-state index is -0.597. The van der Waals surface area contributed by atoms with Crippen LogP contribution in [0.15, 0.2) is 22.7 Å². The molecule has 1 rings (SSSR count). The average molecular weight is 261 g/mol. The third-order valence-corrected chi connectivity index (χ3v) is 2.87. The average Bonchev–Trinajstić information content (AvgIpc) is 2.08. The molecule has 1 atom stereocenters. The van der Waals surface area contributed by atoms with Crippen LogP contribution in [0.3, 0.4) is 0 Å². The van der Waals surface area contributed by atoms with E-state index in [1.165, 1.54) is 6.07 Å². The number of benzene rings is 1. The number of aliphatic hydroxyl groups is 1. The smallest absolute Gasteiger partial charge is 0.137 e. The van der Waals surface area contributed by atoms with E-state index < -0.39 is 6.10 Å². The van der Waals surface area contributed by atoms with Crippen molar-refractivity contribution in [3.63, 3.8) is 0 Å². The molecule has 3 heteroatoms. The Balaban J connectivity index is 2.89. The second-order valence-electron chi connectivity index (χ2n) is 3.79. The topological polar surface area (TPSA) is 20.2 Å². The fourth-order valence-corrected chi connectivity index (χ4v) is 1.88. The molecule has 0 bridgehead atoms. The molecule has 1 nitrogen and oxygen atoms in total. The Labute approximate surface area is 92.1 Å². The molecule has 0 fully saturated rings. The number of halogens is 2. The number of rotatable bonds is 3. The van der Waals surface area contributed by atoms with E-state index >= 15 is 0 Å². The van der Waals surface area contributed by atoms with Gasteiger partial charge in [-0.15, -0.1) is 0 Å². The van der Waals surface area contributed by atoms with Gasteiger partial charge in [0.1, 0.15) is 5.82 Å². The van der Waals surface area contributed by atoms with E-state index in [0.717, 1.165) is 0 Å². The number of hydrogen-bond acceptors (Lipinski definition) is 1. The molecule has 1 unspecified atom stereocenters. The first kappa shape index (κ1) is 11.7. The Morgan fingerprint density at radius 2 is 2.07 bits per heavy atom. The largest absolute Gasteiger partial charge is 0.388 e. The molecule has 1 N–H and O–H groups in total. The van der Waals surface area contributed by atoms with E-state index in [1.54, 1.807) is 12.1 Å². The van der Waals surface area contributed by atoms with Crippen molar-refractivity contribution < 1.29 is 9.50 Å². The maximum Gasteiger partial charge on any atom is 0.137 e. The van der Waals surface area contributed by atoms with Gasteiger partial charge in [0.2, 0.25) is 0 Å². The first-order chi connectivity index (χ1) is 6.52. The van der Waals surface area contributed by atoms with Gasteiger partial charge in [0.05, 0.1) is 10.6 Å². The van der Waals surface area contributed by atoms with Gasteiger partial charge in [-0.3, -0.25) is 0 Å². The summed E-state index contributed by atoms with van der Waals surface area (Å²) in [5, 5.41) is 9.80. The van der Waals surface area contributed by atoms with Crippen molar-refractivity contribution in [2.75, 3.05) is 0 Å². The quantitative estimate of drug-likeness (QED) is 0.880. The summed E-state index contributed by atoms with van der Waals surface area (Å²) in [7, 11) is 0. The number of aliphatic hydroxyl groups excluding tert-OH is 1. The summed E-state index contributed by atoms with van der Waals surface area (Å²) < 4.78 is 13.5. The van der Waals surface area contributed by atoms with Crippen LogP contribution in [-0.4, -0.2) is 5.11 Å². The third-order valence-electron chi connectivity index (χ3n) is 2.04. The second kappa shape index (κ2) is 4.89. The lowest BCUT2D eigenvalue weighted by atomic mass is 10.00. The second-order valence-corrected chi connectivity index (χ2v) is 4.58. The van der Waals surface area contributed by atoms with Crippen molar-refractivity contribution in [3.8, 4) is 0 Å².